The van der Waals surface area contributed by atoms with Crippen molar-refractivity contribution in [1.82, 2.24) is 9.97 Å². The van der Waals surface area contributed by atoms with E-state index in [9.17, 15) is 9.90 Å². The van der Waals surface area contributed by atoms with Gasteiger partial charge in [-0.1, -0.05) is 6.07 Å². The van der Waals surface area contributed by atoms with E-state index in [4.69, 9.17) is 19.4 Å². The molecular formula is C24H29N3O4. The number of ether oxygens (including phenoxy) is 2. The summed E-state index contributed by atoms with van der Waals surface area (Å²) in [4.78, 5) is 23.8. The molecule has 3 aliphatic rings. The Morgan fingerprint density at radius 2 is 1.97 bits per heavy atom. The molecule has 2 fully saturated rings. The van der Waals surface area contributed by atoms with Crippen LogP contribution in [-0.4, -0.2) is 53.5 Å². The number of esters is 1. The quantitative estimate of drug-likeness (QED) is 0.757. The number of nitrogens with zero attached hydrogens (tertiary/aromatic N) is 3. The zero-order valence-corrected chi connectivity index (χ0v) is 18.1. The second-order valence-corrected chi connectivity index (χ2v) is 9.03. The van der Waals surface area contributed by atoms with E-state index < -0.39 is 12.1 Å². The molecule has 0 bridgehead atoms. The van der Waals surface area contributed by atoms with Crippen LogP contribution in [0, 0.1) is 18.8 Å². The van der Waals surface area contributed by atoms with Crippen LogP contribution in [0.5, 0.6) is 5.75 Å². The summed E-state index contributed by atoms with van der Waals surface area (Å²) in [5, 5.41) is 10.8. The van der Waals surface area contributed by atoms with Gasteiger partial charge in [0.25, 0.3) is 0 Å². The molecule has 0 unspecified atom stereocenters. The number of hydrogen-bond donors (Lipinski definition) is 1. The van der Waals surface area contributed by atoms with Crippen molar-refractivity contribution in [2.24, 2.45) is 11.8 Å². The van der Waals surface area contributed by atoms with E-state index in [1.165, 1.54) is 24.8 Å². The summed E-state index contributed by atoms with van der Waals surface area (Å²) in [5.41, 5.74) is 4.10. The molecule has 1 aromatic carbocycles. The molecule has 2 aliphatic carbocycles. The lowest BCUT2D eigenvalue weighted by Gasteiger charge is -2.35. The van der Waals surface area contributed by atoms with Crippen molar-refractivity contribution in [3.05, 3.63) is 46.8 Å². The summed E-state index contributed by atoms with van der Waals surface area (Å²) in [5.74, 6) is 1.86. The highest BCUT2D eigenvalue weighted by molar-refractivity contribution is 5.89. The molecule has 164 valence electrons. The Kier molecular flexibility index (Phi) is 5.30. The molecule has 2 heterocycles. The molecule has 5 rings (SSSR count). The standard InChI is InChI=1S/C24H29N3O4/c1-14-19-7-4-8-20(19)26-24(25-14)27-12-16-10-21(28)22(11-17(16)13-27)31-18-6-3-5-15(9-18)23(29)30-2/h3,5-6,9,16-17,21-22,28H,4,7-8,10-13H2,1-2H3/t16-,17+,21+,22+/m0/s1. The second-order valence-electron chi connectivity index (χ2n) is 9.03. The largest absolute Gasteiger partial charge is 0.488 e. The summed E-state index contributed by atoms with van der Waals surface area (Å²) in [6, 6.07) is 6.95. The minimum Gasteiger partial charge on any atom is -0.488 e. The number of aliphatic hydroxyl groups is 1. The molecule has 0 amide bonds. The third kappa shape index (κ3) is 3.87. The number of anilines is 1. The van der Waals surface area contributed by atoms with Gasteiger partial charge in [-0.05, 0) is 74.6 Å². The molecule has 1 N–H and O–H groups in total. The molecule has 31 heavy (non-hydrogen) atoms. The monoisotopic (exact) mass is 423 g/mol. The van der Waals surface area contributed by atoms with Gasteiger partial charge in [0.15, 0.2) is 0 Å². The SMILES string of the molecule is COC(=O)c1cccc(O[C@@H]2C[C@@H]3CN(c4nc(C)c5c(n4)CCC5)C[C@@H]3C[C@H]2O)c1. The Morgan fingerprint density at radius 1 is 1.16 bits per heavy atom. The van der Waals surface area contributed by atoms with Crippen molar-refractivity contribution in [1.29, 1.82) is 0 Å². The van der Waals surface area contributed by atoms with Crippen molar-refractivity contribution in [3.8, 4) is 5.75 Å². The fraction of sp³-hybridized carbons (Fsp3) is 0.542. The van der Waals surface area contributed by atoms with Gasteiger partial charge in [0, 0.05) is 24.5 Å². The van der Waals surface area contributed by atoms with Crippen LogP contribution >= 0.6 is 0 Å². The lowest BCUT2D eigenvalue weighted by atomic mass is 9.78. The van der Waals surface area contributed by atoms with E-state index in [2.05, 4.69) is 11.8 Å². The van der Waals surface area contributed by atoms with E-state index in [0.29, 0.717) is 29.6 Å². The van der Waals surface area contributed by atoms with Crippen LogP contribution in [0.25, 0.3) is 0 Å². The van der Waals surface area contributed by atoms with Gasteiger partial charge in [-0.15, -0.1) is 0 Å². The molecule has 7 nitrogen and oxygen atoms in total. The van der Waals surface area contributed by atoms with Crippen molar-refractivity contribution < 1.29 is 19.4 Å². The number of aryl methyl sites for hydroxylation is 2. The summed E-state index contributed by atoms with van der Waals surface area (Å²) < 4.78 is 10.9. The Hall–Kier alpha value is -2.67. The molecule has 2 aromatic rings. The predicted octanol–water partition coefficient (Wildman–Crippen LogP) is 2.72. The van der Waals surface area contributed by atoms with Gasteiger partial charge in [-0.25, -0.2) is 14.8 Å². The summed E-state index contributed by atoms with van der Waals surface area (Å²) in [7, 11) is 1.36. The lowest BCUT2D eigenvalue weighted by Crippen LogP contribution is -2.42. The summed E-state index contributed by atoms with van der Waals surface area (Å²) in [6.45, 7) is 3.86. The lowest BCUT2D eigenvalue weighted by molar-refractivity contribution is -0.0231. The van der Waals surface area contributed by atoms with Crippen LogP contribution in [0.3, 0.4) is 0 Å². The van der Waals surface area contributed by atoms with E-state index in [1.54, 1.807) is 18.2 Å². The number of fused-ring (bicyclic) bond motifs is 2. The topological polar surface area (TPSA) is 84.8 Å². The van der Waals surface area contributed by atoms with Crippen molar-refractivity contribution >= 4 is 11.9 Å². The molecule has 1 aliphatic heterocycles. The van der Waals surface area contributed by atoms with Crippen molar-refractivity contribution in [3.63, 3.8) is 0 Å². The first-order valence-electron chi connectivity index (χ1n) is 11.2. The minimum atomic E-state index is -0.536. The first-order chi connectivity index (χ1) is 15.0. The van der Waals surface area contributed by atoms with Crippen molar-refractivity contribution in [2.75, 3.05) is 25.1 Å². The maximum Gasteiger partial charge on any atom is 0.337 e. The Labute approximate surface area is 182 Å². The van der Waals surface area contributed by atoms with Crippen LogP contribution < -0.4 is 9.64 Å². The van der Waals surface area contributed by atoms with Crippen molar-refractivity contribution in [2.45, 2.75) is 51.2 Å². The van der Waals surface area contributed by atoms with Crippen LogP contribution in [0.15, 0.2) is 24.3 Å². The van der Waals surface area contributed by atoms with Gasteiger partial charge in [-0.3, -0.25) is 0 Å². The first-order valence-corrected chi connectivity index (χ1v) is 11.2. The number of benzene rings is 1. The van der Waals surface area contributed by atoms with E-state index >= 15 is 0 Å². The summed E-state index contributed by atoms with van der Waals surface area (Å²) in [6.07, 6.45) is 3.95. The molecule has 0 radical (unpaired) electrons. The smallest absolute Gasteiger partial charge is 0.337 e. The minimum absolute atomic E-state index is 0.295. The molecule has 0 spiro atoms. The van der Waals surface area contributed by atoms with Gasteiger partial charge in [-0.2, -0.15) is 0 Å². The van der Waals surface area contributed by atoms with Gasteiger partial charge in [0.1, 0.15) is 11.9 Å². The van der Waals surface area contributed by atoms with Gasteiger partial charge in [0.05, 0.1) is 18.8 Å². The fourth-order valence-electron chi connectivity index (χ4n) is 5.41. The van der Waals surface area contributed by atoms with Gasteiger partial charge in [0.2, 0.25) is 5.95 Å². The molecule has 1 aromatic heterocycles. The van der Waals surface area contributed by atoms with Crippen LogP contribution in [0.4, 0.5) is 5.95 Å². The molecule has 1 saturated carbocycles. The first kappa shape index (κ1) is 20.2. The van der Waals surface area contributed by atoms with Crippen LogP contribution in [-0.2, 0) is 17.6 Å². The average Bonchev–Trinajstić information content (AvgIpc) is 3.40. The molecule has 1 saturated heterocycles. The highest BCUT2D eigenvalue weighted by Crippen LogP contribution is 2.39. The molecule has 4 atom stereocenters. The average molecular weight is 424 g/mol. The number of hydrogen-bond acceptors (Lipinski definition) is 7. The predicted molar refractivity (Wildman–Crippen MR) is 115 cm³/mol. The number of rotatable bonds is 4. The number of aromatic nitrogens is 2. The maximum atomic E-state index is 11.8. The van der Waals surface area contributed by atoms with Gasteiger partial charge >= 0.3 is 5.97 Å². The zero-order chi connectivity index (χ0) is 21.5. The fourth-order valence-corrected chi connectivity index (χ4v) is 5.41. The number of carbonyl (C=O) groups is 1. The highest BCUT2D eigenvalue weighted by Gasteiger charge is 2.43. The summed E-state index contributed by atoms with van der Waals surface area (Å²) >= 11 is 0. The zero-order valence-electron chi connectivity index (χ0n) is 18.1. The number of carbonyl (C=O) groups excluding carboxylic acids is 1. The normalized spacial score (nSPS) is 27.0. The number of methoxy groups -OCH3 is 1. The third-order valence-corrected chi connectivity index (χ3v) is 7.04. The Balaban J connectivity index is 1.28. The number of aliphatic hydroxyl groups excluding tert-OH is 1. The van der Waals surface area contributed by atoms with E-state index in [0.717, 1.165) is 44.0 Å². The molecular weight excluding hydrogens is 394 g/mol. The second kappa shape index (κ2) is 8.11. The van der Waals surface area contributed by atoms with Gasteiger partial charge < -0.3 is 19.5 Å². The van der Waals surface area contributed by atoms with E-state index in [1.807, 2.05) is 6.07 Å². The Morgan fingerprint density at radius 3 is 2.77 bits per heavy atom. The highest BCUT2D eigenvalue weighted by atomic mass is 16.5. The van der Waals surface area contributed by atoms with E-state index in [-0.39, 0.29) is 6.10 Å². The molecule has 7 heteroatoms. The van der Waals surface area contributed by atoms with Crippen LogP contribution in [0.2, 0.25) is 0 Å². The third-order valence-electron chi connectivity index (χ3n) is 7.04. The maximum absolute atomic E-state index is 11.8. The Bertz CT molecular complexity index is 995. The van der Waals surface area contributed by atoms with Crippen LogP contribution in [0.1, 0.15) is 46.6 Å².